The largest absolute Gasteiger partial charge is 0.414 e. The number of hydrogen-bond acceptors (Lipinski definition) is 6. The standard InChI is InChI=1S/C19H40O6Si2/c1-12(2)26(13(3)4)22-11-16-17(18(20-9)19(21-10)23-16)24-27(25-26,14(5)6)15(7)8/h12-19H,11H2,1-10H3/t16-,17-,18-,19-/m1/s1. The molecule has 8 heteroatoms. The third kappa shape index (κ3) is 4.09. The summed E-state index contributed by atoms with van der Waals surface area (Å²) in [6.07, 6.45) is -1.20. The lowest BCUT2D eigenvalue weighted by atomic mass is 10.1. The van der Waals surface area contributed by atoms with Crippen LogP contribution in [0.5, 0.6) is 0 Å². The van der Waals surface area contributed by atoms with Gasteiger partial charge in [-0.05, 0) is 22.2 Å². The van der Waals surface area contributed by atoms with E-state index in [-0.39, 0.29) is 29.4 Å². The molecule has 2 fully saturated rings. The third-order valence-corrected chi connectivity index (χ3v) is 16.4. The Morgan fingerprint density at radius 1 is 0.778 bits per heavy atom. The maximum absolute atomic E-state index is 7.16. The molecule has 0 saturated carbocycles. The van der Waals surface area contributed by atoms with Crippen LogP contribution >= 0.6 is 0 Å². The fourth-order valence-corrected chi connectivity index (χ4v) is 15.8. The second kappa shape index (κ2) is 8.91. The first-order valence-electron chi connectivity index (χ1n) is 10.3. The van der Waals surface area contributed by atoms with Crippen molar-refractivity contribution in [2.45, 2.75) is 102 Å². The van der Waals surface area contributed by atoms with E-state index in [1.54, 1.807) is 14.2 Å². The van der Waals surface area contributed by atoms with Crippen molar-refractivity contribution < 1.29 is 27.2 Å². The number of hydrogen-bond donors (Lipinski definition) is 0. The summed E-state index contributed by atoms with van der Waals surface area (Å²) in [4.78, 5) is 0. The number of ether oxygens (including phenoxy) is 3. The quantitative estimate of drug-likeness (QED) is 0.596. The monoisotopic (exact) mass is 420 g/mol. The van der Waals surface area contributed by atoms with Gasteiger partial charge < -0.3 is 27.2 Å². The van der Waals surface area contributed by atoms with E-state index in [2.05, 4.69) is 55.4 Å². The van der Waals surface area contributed by atoms with Gasteiger partial charge in [0.15, 0.2) is 6.29 Å². The molecule has 0 bridgehead atoms. The Hall–Kier alpha value is 0.194. The number of rotatable bonds is 6. The van der Waals surface area contributed by atoms with Crippen molar-refractivity contribution in [3.05, 3.63) is 0 Å². The van der Waals surface area contributed by atoms with Gasteiger partial charge in [-0.2, -0.15) is 0 Å². The molecule has 160 valence electrons. The minimum absolute atomic E-state index is 0.211. The minimum Gasteiger partial charge on any atom is -0.414 e. The Balaban J connectivity index is 2.54. The molecule has 0 spiro atoms. The van der Waals surface area contributed by atoms with Crippen LogP contribution in [0.25, 0.3) is 0 Å². The summed E-state index contributed by atoms with van der Waals surface area (Å²) in [6, 6.07) is 0. The fourth-order valence-electron chi connectivity index (χ4n) is 4.54. The molecular weight excluding hydrogens is 380 g/mol. The van der Waals surface area contributed by atoms with Crippen molar-refractivity contribution >= 4 is 17.1 Å². The van der Waals surface area contributed by atoms with Crippen molar-refractivity contribution in [3.63, 3.8) is 0 Å². The molecule has 0 radical (unpaired) electrons. The summed E-state index contributed by atoms with van der Waals surface area (Å²) in [5, 5.41) is 0. The summed E-state index contributed by atoms with van der Waals surface area (Å²) in [6.45, 7) is 18.2. The summed E-state index contributed by atoms with van der Waals surface area (Å²) in [7, 11) is -1.85. The zero-order valence-corrected chi connectivity index (χ0v) is 20.8. The van der Waals surface area contributed by atoms with Gasteiger partial charge in [0.1, 0.15) is 18.3 Å². The van der Waals surface area contributed by atoms with Crippen LogP contribution in [0.3, 0.4) is 0 Å². The molecule has 0 aromatic carbocycles. The van der Waals surface area contributed by atoms with E-state index in [1.165, 1.54) is 0 Å². The lowest BCUT2D eigenvalue weighted by molar-refractivity contribution is -0.158. The molecule has 2 aliphatic rings. The SMILES string of the molecule is CO[C@@H]1O[C@@H]2CO[Si](C(C)C)(C(C)C)O[Si](C(C)C)(C(C)C)O[C@H]2[C@H]1OC. The molecule has 27 heavy (non-hydrogen) atoms. The molecule has 0 aliphatic carbocycles. The Bertz CT molecular complexity index is 469. The summed E-state index contributed by atoms with van der Waals surface area (Å²) in [5.74, 6) is 0. The van der Waals surface area contributed by atoms with E-state index in [0.29, 0.717) is 17.7 Å². The van der Waals surface area contributed by atoms with Gasteiger partial charge in [0.25, 0.3) is 0 Å². The summed E-state index contributed by atoms with van der Waals surface area (Å²) in [5.41, 5.74) is 1.20. The van der Waals surface area contributed by atoms with E-state index >= 15 is 0 Å². The van der Waals surface area contributed by atoms with Crippen LogP contribution in [-0.4, -0.2) is 62.6 Å². The maximum atomic E-state index is 7.16. The predicted molar refractivity (Wildman–Crippen MR) is 110 cm³/mol. The predicted octanol–water partition coefficient (Wildman–Crippen LogP) is 4.33. The van der Waals surface area contributed by atoms with Crippen molar-refractivity contribution in [2.75, 3.05) is 20.8 Å². The van der Waals surface area contributed by atoms with Crippen LogP contribution < -0.4 is 0 Å². The molecule has 6 nitrogen and oxygen atoms in total. The molecule has 0 N–H and O–H groups in total. The normalized spacial score (nSPS) is 33.6. The van der Waals surface area contributed by atoms with Crippen molar-refractivity contribution in [1.29, 1.82) is 0 Å². The van der Waals surface area contributed by atoms with Gasteiger partial charge >= 0.3 is 17.1 Å². The molecule has 0 unspecified atom stereocenters. The first kappa shape index (κ1) is 23.5. The van der Waals surface area contributed by atoms with Gasteiger partial charge in [-0.15, -0.1) is 0 Å². The van der Waals surface area contributed by atoms with Gasteiger partial charge in [0.05, 0.1) is 6.61 Å². The summed E-state index contributed by atoms with van der Waals surface area (Å²) >= 11 is 0. The first-order valence-corrected chi connectivity index (χ1v) is 14.2. The van der Waals surface area contributed by atoms with Crippen molar-refractivity contribution in [1.82, 2.24) is 0 Å². The van der Waals surface area contributed by atoms with E-state index in [9.17, 15) is 0 Å². The van der Waals surface area contributed by atoms with E-state index in [1.807, 2.05) is 0 Å². The smallest absolute Gasteiger partial charge is 0.335 e. The molecule has 2 rings (SSSR count). The van der Waals surface area contributed by atoms with Gasteiger partial charge in [-0.1, -0.05) is 55.4 Å². The zero-order chi connectivity index (χ0) is 20.6. The molecule has 0 aromatic heterocycles. The van der Waals surface area contributed by atoms with E-state index in [0.717, 1.165) is 0 Å². The first-order chi connectivity index (χ1) is 12.6. The van der Waals surface area contributed by atoms with E-state index < -0.39 is 23.4 Å². The van der Waals surface area contributed by atoms with Crippen LogP contribution in [-0.2, 0) is 27.2 Å². The zero-order valence-electron chi connectivity index (χ0n) is 18.8. The molecule has 2 saturated heterocycles. The van der Waals surface area contributed by atoms with E-state index in [4.69, 9.17) is 27.2 Å². The lowest BCUT2D eigenvalue weighted by Crippen LogP contribution is -2.66. The lowest BCUT2D eigenvalue weighted by Gasteiger charge is -2.51. The fraction of sp³-hybridized carbons (Fsp3) is 1.00. The Morgan fingerprint density at radius 2 is 1.30 bits per heavy atom. The number of methoxy groups -OCH3 is 2. The Morgan fingerprint density at radius 3 is 1.70 bits per heavy atom. The summed E-state index contributed by atoms with van der Waals surface area (Å²) < 4.78 is 38.2. The number of fused-ring (bicyclic) bond motifs is 1. The minimum atomic E-state index is -2.65. The average molecular weight is 421 g/mol. The molecule has 4 atom stereocenters. The van der Waals surface area contributed by atoms with Crippen LogP contribution in [0.4, 0.5) is 0 Å². The maximum Gasteiger partial charge on any atom is 0.335 e. The van der Waals surface area contributed by atoms with Crippen LogP contribution in [0, 0.1) is 0 Å². The molecule has 0 amide bonds. The van der Waals surface area contributed by atoms with Gasteiger partial charge in [-0.3, -0.25) is 0 Å². The van der Waals surface area contributed by atoms with Gasteiger partial charge in [-0.25, -0.2) is 0 Å². The van der Waals surface area contributed by atoms with Crippen molar-refractivity contribution in [3.8, 4) is 0 Å². The molecule has 2 heterocycles. The van der Waals surface area contributed by atoms with Crippen LogP contribution in [0.1, 0.15) is 55.4 Å². The Kier molecular flexibility index (Phi) is 7.75. The molecule has 2 aliphatic heterocycles. The van der Waals surface area contributed by atoms with Crippen LogP contribution in [0.15, 0.2) is 0 Å². The van der Waals surface area contributed by atoms with Gasteiger partial charge in [0, 0.05) is 14.2 Å². The molecular formula is C19H40O6Si2. The topological polar surface area (TPSA) is 55.4 Å². The second-order valence-electron chi connectivity index (χ2n) is 9.04. The highest BCUT2D eigenvalue weighted by Gasteiger charge is 2.61. The highest BCUT2D eigenvalue weighted by molar-refractivity contribution is 6.83. The molecule has 0 aromatic rings. The second-order valence-corrected chi connectivity index (χ2v) is 17.9. The third-order valence-electron chi connectivity index (χ3n) is 6.10. The highest BCUT2D eigenvalue weighted by Crippen LogP contribution is 2.47. The van der Waals surface area contributed by atoms with Crippen molar-refractivity contribution in [2.24, 2.45) is 0 Å². The van der Waals surface area contributed by atoms with Gasteiger partial charge in [0.2, 0.25) is 0 Å². The van der Waals surface area contributed by atoms with Crippen LogP contribution in [0.2, 0.25) is 22.2 Å². The highest BCUT2D eigenvalue weighted by atomic mass is 28.5. The Labute approximate surface area is 167 Å². The average Bonchev–Trinajstić information content (AvgIpc) is 2.89.